The maximum absolute atomic E-state index is 12.1. The molecule has 2 aromatic rings. The van der Waals surface area contributed by atoms with Crippen LogP contribution < -0.4 is 10.5 Å². The van der Waals surface area contributed by atoms with Crippen LogP contribution >= 0.6 is 0 Å². The van der Waals surface area contributed by atoms with Crippen molar-refractivity contribution in [1.82, 2.24) is 14.9 Å². The molecule has 0 bridgehead atoms. The average Bonchev–Trinajstić information content (AvgIpc) is 2.48. The molecule has 118 valence electrons. The zero-order valence-electron chi connectivity index (χ0n) is 13.3. The number of aromatic amines is 1. The van der Waals surface area contributed by atoms with E-state index in [0.717, 1.165) is 4.90 Å². The summed E-state index contributed by atoms with van der Waals surface area (Å²) in [5.41, 5.74) is 0.549. The van der Waals surface area contributed by atoms with Crippen molar-refractivity contribution in [2.75, 3.05) is 26.7 Å². The van der Waals surface area contributed by atoms with Crippen LogP contribution in [0.15, 0.2) is 29.1 Å². The summed E-state index contributed by atoms with van der Waals surface area (Å²) < 4.78 is 0. The largest absolute Gasteiger partial charge is 0.338 e. The lowest BCUT2D eigenvalue weighted by atomic mass is 10.2. The maximum atomic E-state index is 12.1. The molecule has 0 aliphatic rings. The van der Waals surface area contributed by atoms with E-state index in [4.69, 9.17) is 0 Å². The number of nitrogens with zero attached hydrogens (tertiary/aromatic N) is 2. The summed E-state index contributed by atoms with van der Waals surface area (Å²) in [6.07, 6.45) is 0. The molecule has 2 N–H and O–H groups in total. The zero-order valence-corrected chi connectivity index (χ0v) is 13.3. The summed E-state index contributed by atoms with van der Waals surface area (Å²) in [4.78, 5) is 34.2. The standard InChI is InChI=1S/C16H22N4O2/c1-4-20(5-2)15(21)11-19(3)10-14-17-13-9-7-6-8-12(13)16(22)18-14/h6-9H,4-5,10-11H2,1-3H3,(H,17,18,22)/p+1. The zero-order chi connectivity index (χ0) is 16.1. The Kier molecular flexibility index (Phi) is 5.27. The molecule has 1 heterocycles. The van der Waals surface area contributed by atoms with Crippen molar-refractivity contribution in [2.45, 2.75) is 20.4 Å². The summed E-state index contributed by atoms with van der Waals surface area (Å²) >= 11 is 0. The van der Waals surface area contributed by atoms with Gasteiger partial charge < -0.3 is 14.8 Å². The molecule has 0 radical (unpaired) electrons. The van der Waals surface area contributed by atoms with Gasteiger partial charge in [-0.25, -0.2) is 4.98 Å². The molecule has 1 unspecified atom stereocenters. The van der Waals surface area contributed by atoms with Crippen molar-refractivity contribution in [3.63, 3.8) is 0 Å². The van der Waals surface area contributed by atoms with Crippen molar-refractivity contribution in [3.05, 3.63) is 40.4 Å². The number of H-pyrrole nitrogens is 1. The van der Waals surface area contributed by atoms with E-state index in [9.17, 15) is 9.59 Å². The lowest BCUT2D eigenvalue weighted by Crippen LogP contribution is -3.09. The third-order valence-corrected chi connectivity index (χ3v) is 3.70. The van der Waals surface area contributed by atoms with Crippen LogP contribution in [0.5, 0.6) is 0 Å². The molecule has 0 fully saturated rings. The Morgan fingerprint density at radius 2 is 1.95 bits per heavy atom. The summed E-state index contributed by atoms with van der Waals surface area (Å²) in [5, 5.41) is 0.586. The monoisotopic (exact) mass is 303 g/mol. The second-order valence-corrected chi connectivity index (χ2v) is 5.41. The molecule has 2 rings (SSSR count). The van der Waals surface area contributed by atoms with Crippen LogP contribution in [0.2, 0.25) is 0 Å². The van der Waals surface area contributed by atoms with Gasteiger partial charge in [0.05, 0.1) is 18.0 Å². The van der Waals surface area contributed by atoms with E-state index in [1.807, 2.05) is 39.1 Å². The molecular formula is C16H23N4O2+. The van der Waals surface area contributed by atoms with Gasteiger partial charge in [-0.2, -0.15) is 0 Å². The van der Waals surface area contributed by atoms with E-state index in [0.29, 0.717) is 42.9 Å². The number of fused-ring (bicyclic) bond motifs is 1. The Morgan fingerprint density at radius 3 is 2.64 bits per heavy atom. The summed E-state index contributed by atoms with van der Waals surface area (Å²) in [6, 6.07) is 7.26. The van der Waals surface area contributed by atoms with Gasteiger partial charge in [0, 0.05) is 13.1 Å². The normalized spacial score (nSPS) is 12.3. The predicted octanol–water partition coefficient (Wildman–Crippen LogP) is -0.194. The molecule has 6 nitrogen and oxygen atoms in total. The van der Waals surface area contributed by atoms with E-state index in [1.165, 1.54) is 0 Å². The Bertz CT molecular complexity index is 707. The van der Waals surface area contributed by atoms with Gasteiger partial charge in [0.25, 0.3) is 11.5 Å². The fourth-order valence-electron chi connectivity index (χ4n) is 2.51. The number of hydrogen-bond acceptors (Lipinski definition) is 3. The van der Waals surface area contributed by atoms with Crippen molar-refractivity contribution in [1.29, 1.82) is 0 Å². The van der Waals surface area contributed by atoms with E-state index >= 15 is 0 Å². The molecule has 0 aliphatic heterocycles. The molecule has 1 amide bonds. The molecule has 1 aromatic carbocycles. The highest BCUT2D eigenvalue weighted by Gasteiger charge is 2.16. The average molecular weight is 303 g/mol. The van der Waals surface area contributed by atoms with Crippen molar-refractivity contribution >= 4 is 16.8 Å². The summed E-state index contributed by atoms with van der Waals surface area (Å²) in [6.45, 7) is 6.27. The fourth-order valence-corrected chi connectivity index (χ4v) is 2.51. The highest BCUT2D eigenvalue weighted by Crippen LogP contribution is 2.04. The number of carbonyl (C=O) groups excluding carboxylic acids is 1. The first-order valence-corrected chi connectivity index (χ1v) is 7.62. The number of likely N-dealkylation sites (N-methyl/N-ethyl adjacent to an activating group) is 2. The van der Waals surface area contributed by atoms with Crippen LogP contribution in [0.3, 0.4) is 0 Å². The molecule has 0 spiro atoms. The molecule has 22 heavy (non-hydrogen) atoms. The number of carbonyl (C=O) groups is 1. The van der Waals surface area contributed by atoms with Crippen LogP contribution in [-0.4, -0.2) is 47.5 Å². The number of quaternary nitrogens is 1. The highest BCUT2D eigenvalue weighted by molar-refractivity contribution is 5.77. The quantitative estimate of drug-likeness (QED) is 0.777. The molecule has 6 heteroatoms. The van der Waals surface area contributed by atoms with Crippen LogP contribution in [-0.2, 0) is 11.3 Å². The SMILES string of the molecule is CCN(CC)C(=O)C[NH+](C)Cc1nc2ccccc2c(=O)[nH]1. The first-order chi connectivity index (χ1) is 10.5. The van der Waals surface area contributed by atoms with E-state index < -0.39 is 0 Å². The second kappa shape index (κ2) is 7.17. The number of amides is 1. The molecule has 1 atom stereocenters. The van der Waals surface area contributed by atoms with Gasteiger partial charge in [-0.05, 0) is 26.0 Å². The van der Waals surface area contributed by atoms with Crippen molar-refractivity contribution in [3.8, 4) is 0 Å². The Labute approximate surface area is 129 Å². The number of aromatic nitrogens is 2. The van der Waals surface area contributed by atoms with E-state index in [2.05, 4.69) is 9.97 Å². The Hall–Kier alpha value is -2.21. The van der Waals surface area contributed by atoms with Gasteiger partial charge >= 0.3 is 0 Å². The van der Waals surface area contributed by atoms with Crippen molar-refractivity contribution in [2.24, 2.45) is 0 Å². The number of hydrogen-bond donors (Lipinski definition) is 2. The smallest absolute Gasteiger partial charge is 0.277 e. The van der Waals surface area contributed by atoms with Gasteiger partial charge in [-0.15, -0.1) is 0 Å². The van der Waals surface area contributed by atoms with Crippen LogP contribution in [0, 0.1) is 0 Å². The highest BCUT2D eigenvalue weighted by atomic mass is 16.2. The van der Waals surface area contributed by atoms with Gasteiger partial charge in [-0.3, -0.25) is 9.59 Å². The van der Waals surface area contributed by atoms with Gasteiger partial charge in [0.15, 0.2) is 12.4 Å². The maximum Gasteiger partial charge on any atom is 0.277 e. The molecule has 0 saturated heterocycles. The minimum atomic E-state index is -0.136. The third kappa shape index (κ3) is 3.71. The minimum absolute atomic E-state index is 0.116. The number of benzene rings is 1. The van der Waals surface area contributed by atoms with Gasteiger partial charge in [-0.1, -0.05) is 12.1 Å². The van der Waals surface area contributed by atoms with Gasteiger partial charge in [0.1, 0.15) is 6.54 Å². The lowest BCUT2D eigenvalue weighted by Gasteiger charge is -2.20. The first-order valence-electron chi connectivity index (χ1n) is 7.62. The third-order valence-electron chi connectivity index (χ3n) is 3.70. The molecular weight excluding hydrogens is 280 g/mol. The van der Waals surface area contributed by atoms with Gasteiger partial charge in [0.2, 0.25) is 0 Å². The Morgan fingerprint density at radius 1 is 1.27 bits per heavy atom. The summed E-state index contributed by atoms with van der Waals surface area (Å²) in [5.74, 6) is 0.721. The summed E-state index contributed by atoms with van der Waals surface area (Å²) in [7, 11) is 1.93. The minimum Gasteiger partial charge on any atom is -0.338 e. The Balaban J connectivity index is 2.10. The lowest BCUT2D eigenvalue weighted by molar-refractivity contribution is -0.886. The molecule has 0 saturated carbocycles. The molecule has 0 aliphatic carbocycles. The topological polar surface area (TPSA) is 70.5 Å². The van der Waals surface area contributed by atoms with Crippen molar-refractivity contribution < 1.29 is 9.69 Å². The first kappa shape index (κ1) is 16.2. The number of rotatable bonds is 6. The van der Waals surface area contributed by atoms with Crippen LogP contribution in [0.1, 0.15) is 19.7 Å². The number of para-hydroxylation sites is 1. The van der Waals surface area contributed by atoms with Crippen LogP contribution in [0.4, 0.5) is 0 Å². The van der Waals surface area contributed by atoms with E-state index in [-0.39, 0.29) is 11.5 Å². The second-order valence-electron chi connectivity index (χ2n) is 5.41. The van der Waals surface area contributed by atoms with Crippen LogP contribution in [0.25, 0.3) is 10.9 Å². The predicted molar refractivity (Wildman–Crippen MR) is 85.7 cm³/mol. The fraction of sp³-hybridized carbons (Fsp3) is 0.438. The number of nitrogens with one attached hydrogen (secondary N) is 2. The molecule has 1 aromatic heterocycles. The van der Waals surface area contributed by atoms with E-state index in [1.54, 1.807) is 11.0 Å².